The fourth-order valence-electron chi connectivity index (χ4n) is 4.11. The number of hydrogen-bond donors (Lipinski definition) is 0. The Kier molecular flexibility index (Phi) is 4.59. The van der Waals surface area contributed by atoms with Crippen molar-refractivity contribution >= 4 is 23.9 Å². The number of hydrogen-bond acceptors (Lipinski definition) is 0. The smallest absolute Gasteiger partial charge is 0.147 e. The summed E-state index contributed by atoms with van der Waals surface area (Å²) in [7, 11) is 2.33. The zero-order chi connectivity index (χ0) is 15.3. The summed E-state index contributed by atoms with van der Waals surface area (Å²) >= 11 is -2.15. The molecule has 0 saturated carbocycles. The van der Waals surface area contributed by atoms with Crippen LogP contribution in [0.1, 0.15) is 24.5 Å². The molecule has 0 amide bonds. The molecule has 0 fully saturated rings. The monoisotopic (exact) mass is 373 g/mol. The summed E-state index contributed by atoms with van der Waals surface area (Å²) in [4.78, 5) is 0. The van der Waals surface area contributed by atoms with Gasteiger partial charge in [-0.25, -0.2) is 0 Å². The molecule has 0 N–H and O–H groups in total. The Bertz CT molecular complexity index is 892. The summed E-state index contributed by atoms with van der Waals surface area (Å²) in [6.07, 6.45) is 6.98. The van der Waals surface area contributed by atoms with E-state index in [0.717, 1.165) is 6.42 Å². The summed E-state index contributed by atoms with van der Waals surface area (Å²) in [5.41, 5.74) is 7.60. The standard InChI is InChI=1S/C13H9.C6H7.CH3.ClH.H2Si.Ti/c1-3-7-12-10(5-1)9-11-6-2-4-8-13(11)12;1-6-4-2-3-5-6;;;;/h1-5,7-8H,9H2;2,4H,3H2,1H3;1H3;1H;1H2;. The molecule has 3 heteroatoms. The van der Waals surface area contributed by atoms with Crippen LogP contribution in [0.5, 0.6) is 0 Å². The molecule has 2 aromatic carbocycles. The minimum Gasteiger partial charge on any atom is -0.147 e. The normalized spacial score (nSPS) is 17.5. The Morgan fingerprint density at radius 2 is 1.74 bits per heavy atom. The van der Waals surface area contributed by atoms with Crippen LogP contribution in [0.25, 0.3) is 11.1 Å². The third-order valence-electron chi connectivity index (χ3n) is 5.28. The molecule has 0 spiro atoms. The van der Waals surface area contributed by atoms with Gasteiger partial charge in [0.1, 0.15) is 0 Å². The summed E-state index contributed by atoms with van der Waals surface area (Å²) in [6, 6.07) is 16.0. The second-order valence-corrected chi connectivity index (χ2v) is 18.5. The topological polar surface area (TPSA) is 0 Å². The molecule has 0 saturated heterocycles. The van der Waals surface area contributed by atoms with Crippen LogP contribution in [-0.2, 0) is 21.7 Å². The minimum atomic E-state index is -2.15. The molecule has 2 aromatic rings. The molecule has 1 atom stereocenters. The summed E-state index contributed by atoms with van der Waals surface area (Å²) < 4.78 is 3.47. The minimum absolute atomic E-state index is 0. The first-order chi connectivity index (χ1) is 10.6. The molecule has 0 aromatic heterocycles. The number of allylic oxidation sites excluding steroid dienone is 4. The molecule has 0 heterocycles. The Morgan fingerprint density at radius 1 is 1.00 bits per heavy atom. The molecule has 0 aliphatic heterocycles. The van der Waals surface area contributed by atoms with Gasteiger partial charge in [0.25, 0.3) is 0 Å². The van der Waals surface area contributed by atoms with E-state index in [1.165, 1.54) is 28.7 Å². The van der Waals surface area contributed by atoms with Crippen molar-refractivity contribution in [3.8, 4) is 11.1 Å². The van der Waals surface area contributed by atoms with Crippen molar-refractivity contribution < 1.29 is 15.3 Å². The molecule has 0 bridgehead atoms. The largest absolute Gasteiger partial charge is 0.147 e. The van der Waals surface area contributed by atoms with Gasteiger partial charge < -0.3 is 0 Å². The van der Waals surface area contributed by atoms with E-state index in [9.17, 15) is 0 Å². The average Bonchev–Trinajstić information content (AvgIpc) is 3.10. The second-order valence-electron chi connectivity index (χ2n) is 6.77. The maximum atomic E-state index is 2.59. The summed E-state index contributed by atoms with van der Waals surface area (Å²) in [5.74, 6) is 0. The molecular weight excluding hydrogens is 352 g/mol. The van der Waals surface area contributed by atoms with Gasteiger partial charge in [0.15, 0.2) is 0 Å². The third-order valence-corrected chi connectivity index (χ3v) is 14.2. The third kappa shape index (κ3) is 2.64. The van der Waals surface area contributed by atoms with Gasteiger partial charge in [-0.2, -0.15) is 0 Å². The zero-order valence-corrected chi connectivity index (χ0v) is 17.5. The van der Waals surface area contributed by atoms with Gasteiger partial charge in [-0.05, 0) is 0 Å². The first-order valence-corrected chi connectivity index (χ1v) is 15.2. The molecule has 23 heavy (non-hydrogen) atoms. The van der Waals surface area contributed by atoms with Gasteiger partial charge in [-0.3, -0.25) is 0 Å². The van der Waals surface area contributed by atoms with Crippen molar-refractivity contribution in [2.75, 3.05) is 0 Å². The molecule has 2 aliphatic carbocycles. The number of rotatable bonds is 2. The predicted octanol–water partition coefficient (Wildman–Crippen LogP) is 4.29. The van der Waals surface area contributed by atoms with E-state index in [1.54, 1.807) is 13.3 Å². The van der Waals surface area contributed by atoms with E-state index in [-0.39, 0.29) is 12.4 Å². The molecule has 0 nitrogen and oxygen atoms in total. The first-order valence-electron chi connectivity index (χ1n) is 8.02. The SMILES string of the molecule is CC1=[C]([Ti]([CH3])(=[SiH2])[c]2cccc3c2Cc2ccccc2-3)CC=C1.Cl. The number of benzene rings is 2. The van der Waals surface area contributed by atoms with Crippen molar-refractivity contribution in [3.63, 3.8) is 0 Å². The summed E-state index contributed by atoms with van der Waals surface area (Å²) in [6.45, 7) is 2.30. The van der Waals surface area contributed by atoms with Crippen LogP contribution in [0.4, 0.5) is 0 Å². The van der Waals surface area contributed by atoms with Gasteiger partial charge >= 0.3 is 138 Å². The Balaban J connectivity index is 0.00000156. The molecule has 1 unspecified atom stereocenters. The van der Waals surface area contributed by atoms with Crippen molar-refractivity contribution in [3.05, 3.63) is 75.2 Å². The van der Waals surface area contributed by atoms with Crippen LogP contribution in [0, 0.1) is 0 Å². The van der Waals surface area contributed by atoms with Crippen LogP contribution in [0.15, 0.2) is 64.1 Å². The number of fused-ring (bicyclic) bond motifs is 3. The molecule has 0 radical (unpaired) electrons. The first kappa shape index (κ1) is 17.0. The van der Waals surface area contributed by atoms with Crippen LogP contribution in [0.3, 0.4) is 0 Å². The predicted molar refractivity (Wildman–Crippen MR) is 102 cm³/mol. The number of halogens is 1. The fraction of sp³-hybridized carbons (Fsp3) is 0.200. The summed E-state index contributed by atoms with van der Waals surface area (Å²) in [5, 5.41) is 2.59. The van der Waals surface area contributed by atoms with Crippen LogP contribution >= 0.6 is 12.4 Å². The van der Waals surface area contributed by atoms with E-state index < -0.39 is 15.3 Å². The quantitative estimate of drug-likeness (QED) is 0.588. The van der Waals surface area contributed by atoms with Crippen molar-refractivity contribution in [1.82, 2.24) is 0 Å². The van der Waals surface area contributed by atoms with Crippen LogP contribution in [-0.4, -0.2) is 7.63 Å². The molecular formula is C20H22ClSiTi. The average molecular weight is 374 g/mol. The van der Waals surface area contributed by atoms with E-state index in [0.29, 0.717) is 0 Å². The van der Waals surface area contributed by atoms with Crippen LogP contribution < -0.4 is 3.87 Å². The molecule has 4 rings (SSSR count). The van der Waals surface area contributed by atoms with Crippen molar-refractivity contribution in [1.29, 1.82) is 0 Å². The van der Waals surface area contributed by atoms with E-state index in [1.807, 2.05) is 0 Å². The maximum Gasteiger partial charge on any atom is -0.147 e. The Morgan fingerprint density at radius 3 is 2.48 bits per heavy atom. The van der Waals surface area contributed by atoms with Gasteiger partial charge in [0.05, 0.1) is 0 Å². The van der Waals surface area contributed by atoms with Crippen LogP contribution in [0.2, 0.25) is 5.23 Å². The van der Waals surface area contributed by atoms with Gasteiger partial charge in [0.2, 0.25) is 0 Å². The van der Waals surface area contributed by atoms with Crippen molar-refractivity contribution in [2.24, 2.45) is 0 Å². The van der Waals surface area contributed by atoms with Gasteiger partial charge in [-0.15, -0.1) is 12.4 Å². The van der Waals surface area contributed by atoms with Gasteiger partial charge in [-0.1, -0.05) is 0 Å². The molecule has 2 aliphatic rings. The Hall–Kier alpha value is -0.859. The zero-order valence-electron chi connectivity index (χ0n) is 13.7. The van der Waals surface area contributed by atoms with E-state index in [4.69, 9.17) is 0 Å². The maximum absolute atomic E-state index is 2.59. The van der Waals surface area contributed by atoms with E-state index in [2.05, 4.69) is 74.4 Å². The molecule has 117 valence electrons. The second kappa shape index (κ2) is 6.22. The van der Waals surface area contributed by atoms with Crippen molar-refractivity contribution in [2.45, 2.75) is 25.0 Å². The fourth-order valence-corrected chi connectivity index (χ4v) is 12.2. The van der Waals surface area contributed by atoms with E-state index >= 15 is 0 Å². The van der Waals surface area contributed by atoms with Gasteiger partial charge in [0, 0.05) is 0 Å². The Labute approximate surface area is 150 Å².